The maximum absolute atomic E-state index is 11.6. The van der Waals surface area contributed by atoms with Gasteiger partial charge in [0.1, 0.15) is 0 Å². The molecule has 0 fully saturated rings. The predicted molar refractivity (Wildman–Crippen MR) is 60.7 cm³/mol. The molecule has 1 amide bonds. The fourth-order valence-electron chi connectivity index (χ4n) is 2.12. The van der Waals surface area contributed by atoms with E-state index < -0.39 is 0 Å². The summed E-state index contributed by atoms with van der Waals surface area (Å²) in [6.07, 6.45) is 4.19. The molecule has 0 aromatic heterocycles. The zero-order valence-corrected chi connectivity index (χ0v) is 10.1. The average molecular weight is 211 g/mol. The smallest absolute Gasteiger partial charge is 0.409 e. The standard InChI is InChI=1S/C12H21NO2/c1-5-10-7-11(6-2)9(3)13(8-10)12(14)15-4/h7,9-10H,5-6,8H2,1-4H3. The first-order valence-corrected chi connectivity index (χ1v) is 5.69. The molecule has 0 saturated heterocycles. The van der Waals surface area contributed by atoms with Gasteiger partial charge in [-0.3, -0.25) is 0 Å². The molecule has 1 aliphatic heterocycles. The molecule has 0 aromatic carbocycles. The summed E-state index contributed by atoms with van der Waals surface area (Å²) in [5.74, 6) is 0.482. The molecule has 2 atom stereocenters. The maximum atomic E-state index is 11.6. The Bertz CT molecular complexity index is 260. The highest BCUT2D eigenvalue weighted by Crippen LogP contribution is 2.25. The highest BCUT2D eigenvalue weighted by atomic mass is 16.5. The van der Waals surface area contributed by atoms with Crippen LogP contribution in [0.3, 0.4) is 0 Å². The van der Waals surface area contributed by atoms with E-state index in [4.69, 9.17) is 4.74 Å². The Balaban J connectivity index is 2.85. The van der Waals surface area contributed by atoms with Crippen molar-refractivity contribution >= 4 is 6.09 Å². The number of carbonyl (C=O) groups is 1. The molecule has 3 heteroatoms. The molecule has 0 saturated carbocycles. The second kappa shape index (κ2) is 5.19. The number of amides is 1. The monoisotopic (exact) mass is 211 g/mol. The molecular formula is C12H21NO2. The van der Waals surface area contributed by atoms with E-state index in [1.54, 1.807) is 0 Å². The third-order valence-electron chi connectivity index (χ3n) is 3.23. The quantitative estimate of drug-likeness (QED) is 0.657. The van der Waals surface area contributed by atoms with Crippen LogP contribution in [0, 0.1) is 5.92 Å². The van der Waals surface area contributed by atoms with Crippen LogP contribution in [0.1, 0.15) is 33.6 Å². The summed E-state index contributed by atoms with van der Waals surface area (Å²) >= 11 is 0. The lowest BCUT2D eigenvalue weighted by Crippen LogP contribution is -2.45. The van der Waals surface area contributed by atoms with Crippen LogP contribution in [-0.4, -0.2) is 30.7 Å². The Morgan fingerprint density at radius 3 is 2.73 bits per heavy atom. The summed E-state index contributed by atoms with van der Waals surface area (Å²) in [4.78, 5) is 13.4. The van der Waals surface area contributed by atoms with Crippen molar-refractivity contribution in [1.82, 2.24) is 4.90 Å². The number of nitrogens with zero attached hydrogens (tertiary/aromatic N) is 1. The van der Waals surface area contributed by atoms with E-state index in [0.717, 1.165) is 19.4 Å². The van der Waals surface area contributed by atoms with Gasteiger partial charge in [-0.2, -0.15) is 0 Å². The van der Waals surface area contributed by atoms with E-state index in [9.17, 15) is 4.79 Å². The largest absolute Gasteiger partial charge is 0.453 e. The van der Waals surface area contributed by atoms with Crippen LogP contribution in [-0.2, 0) is 4.74 Å². The van der Waals surface area contributed by atoms with Gasteiger partial charge in [-0.25, -0.2) is 4.79 Å². The lowest BCUT2D eigenvalue weighted by atomic mass is 9.91. The molecule has 1 rings (SSSR count). The van der Waals surface area contributed by atoms with Gasteiger partial charge in [-0.15, -0.1) is 0 Å². The summed E-state index contributed by atoms with van der Waals surface area (Å²) in [5.41, 5.74) is 1.35. The molecule has 86 valence electrons. The minimum absolute atomic E-state index is 0.185. The van der Waals surface area contributed by atoms with Gasteiger partial charge in [0, 0.05) is 6.54 Å². The first kappa shape index (κ1) is 12.1. The summed E-state index contributed by atoms with van der Waals surface area (Å²) < 4.78 is 4.81. The van der Waals surface area contributed by atoms with E-state index in [0.29, 0.717) is 5.92 Å². The van der Waals surface area contributed by atoms with E-state index >= 15 is 0 Å². The van der Waals surface area contributed by atoms with Crippen molar-refractivity contribution in [2.24, 2.45) is 5.92 Å². The third-order valence-corrected chi connectivity index (χ3v) is 3.23. The van der Waals surface area contributed by atoms with Crippen molar-refractivity contribution < 1.29 is 9.53 Å². The van der Waals surface area contributed by atoms with Gasteiger partial charge in [-0.05, 0) is 25.7 Å². The van der Waals surface area contributed by atoms with Crippen LogP contribution >= 0.6 is 0 Å². The van der Waals surface area contributed by atoms with Crippen LogP contribution in [0.2, 0.25) is 0 Å². The molecule has 15 heavy (non-hydrogen) atoms. The van der Waals surface area contributed by atoms with Gasteiger partial charge in [0.15, 0.2) is 0 Å². The van der Waals surface area contributed by atoms with Crippen molar-refractivity contribution in [2.45, 2.75) is 39.7 Å². The SMILES string of the molecule is CCC1=CC(CC)CN(C(=O)OC)C1C. The van der Waals surface area contributed by atoms with Crippen LogP contribution < -0.4 is 0 Å². The van der Waals surface area contributed by atoms with Gasteiger partial charge >= 0.3 is 6.09 Å². The normalized spacial score (nSPS) is 26.1. The first-order chi connectivity index (χ1) is 7.13. The molecule has 0 N–H and O–H groups in total. The van der Waals surface area contributed by atoms with Crippen molar-refractivity contribution in [1.29, 1.82) is 0 Å². The summed E-state index contributed by atoms with van der Waals surface area (Å²) in [7, 11) is 1.44. The molecule has 0 aromatic rings. The predicted octanol–water partition coefficient (Wildman–Crippen LogP) is 2.82. The number of rotatable bonds is 2. The lowest BCUT2D eigenvalue weighted by molar-refractivity contribution is 0.104. The molecule has 3 nitrogen and oxygen atoms in total. The zero-order chi connectivity index (χ0) is 11.4. The fourth-order valence-corrected chi connectivity index (χ4v) is 2.12. The van der Waals surface area contributed by atoms with Gasteiger partial charge in [0.2, 0.25) is 0 Å². The van der Waals surface area contributed by atoms with Gasteiger partial charge in [0.05, 0.1) is 13.2 Å². The third kappa shape index (κ3) is 2.52. The molecular weight excluding hydrogens is 190 g/mol. The van der Waals surface area contributed by atoms with Crippen LogP contribution in [0.15, 0.2) is 11.6 Å². The Hall–Kier alpha value is -0.990. The molecule has 2 unspecified atom stereocenters. The highest BCUT2D eigenvalue weighted by molar-refractivity contribution is 5.68. The second-order valence-corrected chi connectivity index (χ2v) is 4.06. The summed E-state index contributed by atoms with van der Waals surface area (Å²) in [6.45, 7) is 7.14. The first-order valence-electron chi connectivity index (χ1n) is 5.69. The van der Waals surface area contributed by atoms with E-state index in [1.807, 2.05) is 4.90 Å². The van der Waals surface area contributed by atoms with Crippen molar-refractivity contribution in [3.05, 3.63) is 11.6 Å². The highest BCUT2D eigenvalue weighted by Gasteiger charge is 2.29. The topological polar surface area (TPSA) is 29.5 Å². The number of hydrogen-bond acceptors (Lipinski definition) is 2. The Labute approximate surface area is 92.1 Å². The average Bonchev–Trinajstić information content (AvgIpc) is 2.28. The molecule has 0 spiro atoms. The van der Waals surface area contributed by atoms with Crippen LogP contribution in [0.5, 0.6) is 0 Å². The number of hydrogen-bond donors (Lipinski definition) is 0. The van der Waals surface area contributed by atoms with Gasteiger partial charge < -0.3 is 9.64 Å². The molecule has 0 aliphatic carbocycles. The van der Waals surface area contributed by atoms with E-state index in [-0.39, 0.29) is 12.1 Å². The molecule has 1 heterocycles. The Morgan fingerprint density at radius 2 is 2.27 bits per heavy atom. The maximum Gasteiger partial charge on any atom is 0.409 e. The van der Waals surface area contributed by atoms with E-state index in [1.165, 1.54) is 12.7 Å². The summed E-state index contributed by atoms with van der Waals surface area (Å²) in [6, 6.07) is 0.185. The summed E-state index contributed by atoms with van der Waals surface area (Å²) in [5, 5.41) is 0. The number of carbonyl (C=O) groups excluding carboxylic acids is 1. The second-order valence-electron chi connectivity index (χ2n) is 4.06. The Kier molecular flexibility index (Phi) is 4.18. The Morgan fingerprint density at radius 1 is 1.60 bits per heavy atom. The van der Waals surface area contributed by atoms with E-state index in [2.05, 4.69) is 26.8 Å². The van der Waals surface area contributed by atoms with Crippen molar-refractivity contribution in [2.75, 3.05) is 13.7 Å². The minimum atomic E-state index is -0.208. The van der Waals surface area contributed by atoms with Crippen molar-refractivity contribution in [3.63, 3.8) is 0 Å². The van der Waals surface area contributed by atoms with Gasteiger partial charge in [-0.1, -0.05) is 25.5 Å². The molecule has 0 bridgehead atoms. The lowest BCUT2D eigenvalue weighted by Gasteiger charge is -2.36. The van der Waals surface area contributed by atoms with Gasteiger partial charge in [0.25, 0.3) is 0 Å². The molecule has 1 aliphatic rings. The van der Waals surface area contributed by atoms with Crippen molar-refractivity contribution in [3.8, 4) is 0 Å². The zero-order valence-electron chi connectivity index (χ0n) is 10.1. The van der Waals surface area contributed by atoms with Crippen LogP contribution in [0.4, 0.5) is 4.79 Å². The fraction of sp³-hybridized carbons (Fsp3) is 0.750. The number of ether oxygens (including phenoxy) is 1. The van der Waals surface area contributed by atoms with Crippen LogP contribution in [0.25, 0.3) is 0 Å². The number of methoxy groups -OCH3 is 1. The minimum Gasteiger partial charge on any atom is -0.453 e. The molecule has 0 radical (unpaired) electrons.